The molecule has 1 N–H and O–H groups in total. The van der Waals surface area contributed by atoms with E-state index in [4.69, 9.17) is 4.74 Å². The summed E-state index contributed by atoms with van der Waals surface area (Å²) in [7, 11) is 0. The highest BCUT2D eigenvalue weighted by Gasteiger charge is 2.51. The summed E-state index contributed by atoms with van der Waals surface area (Å²) in [5, 5.41) is 10.0. The topological polar surface area (TPSA) is 46.5 Å². The summed E-state index contributed by atoms with van der Waals surface area (Å²) >= 11 is 0. The molecule has 1 saturated heterocycles. The van der Waals surface area contributed by atoms with Gasteiger partial charge in [0, 0.05) is 5.92 Å². The van der Waals surface area contributed by atoms with Gasteiger partial charge in [0.25, 0.3) is 0 Å². The molecule has 1 heterocycles. The molecule has 3 nitrogen and oxygen atoms in total. The number of hydrogen-bond donors (Lipinski definition) is 1. The predicted octanol–water partition coefficient (Wildman–Crippen LogP) is 1.80. The van der Waals surface area contributed by atoms with Gasteiger partial charge in [0.15, 0.2) is 0 Å². The average molecular weight is 222 g/mol. The lowest BCUT2D eigenvalue weighted by atomic mass is 9.71. The number of esters is 1. The van der Waals surface area contributed by atoms with Crippen LogP contribution in [-0.2, 0) is 9.53 Å². The van der Waals surface area contributed by atoms with Gasteiger partial charge in [-0.25, -0.2) is 0 Å². The molecule has 1 fully saturated rings. The molecule has 0 amide bonds. The number of carbonyl (C=O) groups is 1. The molecule has 0 unspecified atom stereocenters. The van der Waals surface area contributed by atoms with Gasteiger partial charge in [0.05, 0.1) is 12.5 Å². The van der Waals surface area contributed by atoms with E-state index in [9.17, 15) is 9.90 Å². The van der Waals surface area contributed by atoms with Gasteiger partial charge in [0.1, 0.15) is 6.10 Å². The van der Waals surface area contributed by atoms with Gasteiger partial charge in [-0.1, -0.05) is 13.8 Å². The van der Waals surface area contributed by atoms with E-state index >= 15 is 0 Å². The van der Waals surface area contributed by atoms with Crippen molar-refractivity contribution in [2.75, 3.05) is 0 Å². The summed E-state index contributed by atoms with van der Waals surface area (Å²) in [6.45, 7) is 4.39. The first kappa shape index (κ1) is 10.3. The first-order valence-electron chi connectivity index (χ1n) is 6.10. The second-order valence-electron chi connectivity index (χ2n) is 5.96. The Hall–Kier alpha value is -0.830. The second kappa shape index (κ2) is 3.10. The highest BCUT2D eigenvalue weighted by atomic mass is 16.6. The van der Waals surface area contributed by atoms with Crippen LogP contribution in [0.25, 0.3) is 0 Å². The van der Waals surface area contributed by atoms with E-state index in [2.05, 4.69) is 13.8 Å². The summed E-state index contributed by atoms with van der Waals surface area (Å²) < 4.78 is 5.43. The number of fused-ring (bicyclic) bond motifs is 2. The van der Waals surface area contributed by atoms with Gasteiger partial charge >= 0.3 is 5.97 Å². The van der Waals surface area contributed by atoms with Crippen molar-refractivity contribution in [2.45, 2.75) is 51.7 Å². The number of aliphatic hydroxyl groups is 1. The Balaban J connectivity index is 2.02. The zero-order valence-electron chi connectivity index (χ0n) is 9.82. The molecular formula is C13H18O3. The first-order valence-corrected chi connectivity index (χ1v) is 6.10. The van der Waals surface area contributed by atoms with Gasteiger partial charge in [-0.3, -0.25) is 4.79 Å². The maximum atomic E-state index is 11.3. The Morgan fingerprint density at radius 1 is 1.38 bits per heavy atom. The standard InChI is InChI=1S/C13H18O3/c1-13(2)4-3-9(14)8-5-7-6-10(15)16-12(7)11(8)13/h7,9,12,14H,3-6H2,1-2H3/t7-,9+,12+/m0/s1. The summed E-state index contributed by atoms with van der Waals surface area (Å²) in [5.41, 5.74) is 2.47. The first-order chi connectivity index (χ1) is 7.49. The van der Waals surface area contributed by atoms with Crippen molar-refractivity contribution in [3.8, 4) is 0 Å². The van der Waals surface area contributed by atoms with Crippen LogP contribution in [0.5, 0.6) is 0 Å². The van der Waals surface area contributed by atoms with E-state index in [-0.39, 0.29) is 23.6 Å². The molecule has 0 aromatic carbocycles. The average Bonchev–Trinajstić information content (AvgIpc) is 2.67. The number of hydrogen-bond acceptors (Lipinski definition) is 3. The van der Waals surface area contributed by atoms with Gasteiger partial charge in [-0.2, -0.15) is 0 Å². The molecule has 3 atom stereocenters. The zero-order valence-corrected chi connectivity index (χ0v) is 9.82. The number of ether oxygens (including phenoxy) is 1. The van der Waals surface area contributed by atoms with Crippen LogP contribution in [-0.4, -0.2) is 23.3 Å². The van der Waals surface area contributed by atoms with Gasteiger partial charge in [-0.05, 0) is 35.8 Å². The lowest BCUT2D eigenvalue weighted by molar-refractivity contribution is -0.140. The molecule has 0 aromatic heterocycles. The Kier molecular flexibility index (Phi) is 2.00. The molecule has 3 aliphatic rings. The highest BCUT2D eigenvalue weighted by molar-refractivity contribution is 5.73. The number of rotatable bonds is 0. The summed E-state index contributed by atoms with van der Waals surface area (Å²) in [4.78, 5) is 11.3. The lowest BCUT2D eigenvalue weighted by Crippen LogP contribution is -2.31. The summed E-state index contributed by atoms with van der Waals surface area (Å²) in [6, 6.07) is 0. The van der Waals surface area contributed by atoms with Crippen molar-refractivity contribution in [2.24, 2.45) is 11.3 Å². The fourth-order valence-corrected chi connectivity index (χ4v) is 3.60. The van der Waals surface area contributed by atoms with Crippen molar-refractivity contribution >= 4 is 5.97 Å². The fourth-order valence-electron chi connectivity index (χ4n) is 3.60. The van der Waals surface area contributed by atoms with Crippen LogP contribution >= 0.6 is 0 Å². The molecular weight excluding hydrogens is 204 g/mol. The van der Waals surface area contributed by atoms with E-state index < -0.39 is 0 Å². The van der Waals surface area contributed by atoms with Crippen molar-refractivity contribution < 1.29 is 14.6 Å². The smallest absolute Gasteiger partial charge is 0.306 e. The van der Waals surface area contributed by atoms with E-state index in [1.54, 1.807) is 0 Å². The normalized spacial score (nSPS) is 40.7. The monoisotopic (exact) mass is 222 g/mol. The van der Waals surface area contributed by atoms with Crippen molar-refractivity contribution in [3.05, 3.63) is 11.1 Å². The molecule has 2 aliphatic carbocycles. The summed E-state index contributed by atoms with van der Waals surface area (Å²) in [5.74, 6) is 0.224. The molecule has 0 radical (unpaired) electrons. The third-order valence-corrected chi connectivity index (χ3v) is 4.40. The molecule has 0 bridgehead atoms. The van der Waals surface area contributed by atoms with Crippen molar-refractivity contribution in [1.29, 1.82) is 0 Å². The SMILES string of the molecule is CC1(C)CC[C@@H](O)C2=C1[C@@H]1OC(=O)C[C@@H]1C2. The summed E-state index contributed by atoms with van der Waals surface area (Å²) in [6.07, 6.45) is 2.88. The largest absolute Gasteiger partial charge is 0.457 e. The fraction of sp³-hybridized carbons (Fsp3) is 0.769. The number of carbonyl (C=O) groups excluding carboxylic acids is 1. The quantitative estimate of drug-likeness (QED) is 0.502. The van der Waals surface area contributed by atoms with Gasteiger partial charge < -0.3 is 9.84 Å². The van der Waals surface area contributed by atoms with Crippen LogP contribution in [0.2, 0.25) is 0 Å². The maximum Gasteiger partial charge on any atom is 0.306 e. The Labute approximate surface area is 95.5 Å². The van der Waals surface area contributed by atoms with Crippen LogP contribution in [0.15, 0.2) is 11.1 Å². The van der Waals surface area contributed by atoms with Crippen molar-refractivity contribution in [1.82, 2.24) is 0 Å². The van der Waals surface area contributed by atoms with Crippen LogP contribution in [0.3, 0.4) is 0 Å². The van der Waals surface area contributed by atoms with E-state index in [1.807, 2.05) is 0 Å². The second-order valence-corrected chi connectivity index (χ2v) is 5.96. The van der Waals surface area contributed by atoms with E-state index in [0.29, 0.717) is 12.3 Å². The minimum atomic E-state index is -0.299. The maximum absolute atomic E-state index is 11.3. The Bertz CT molecular complexity index is 381. The molecule has 0 spiro atoms. The third kappa shape index (κ3) is 1.27. The molecule has 1 aliphatic heterocycles. The highest BCUT2D eigenvalue weighted by Crippen LogP contribution is 2.53. The van der Waals surface area contributed by atoms with Crippen LogP contribution in [0.4, 0.5) is 0 Å². The van der Waals surface area contributed by atoms with Gasteiger partial charge in [0.2, 0.25) is 0 Å². The molecule has 88 valence electrons. The van der Waals surface area contributed by atoms with E-state index in [1.165, 1.54) is 11.1 Å². The minimum absolute atomic E-state index is 0.0348. The Morgan fingerprint density at radius 3 is 2.88 bits per heavy atom. The Morgan fingerprint density at radius 2 is 2.12 bits per heavy atom. The molecule has 3 rings (SSSR count). The van der Waals surface area contributed by atoms with E-state index in [0.717, 1.165) is 19.3 Å². The molecule has 0 saturated carbocycles. The minimum Gasteiger partial charge on any atom is -0.457 e. The van der Waals surface area contributed by atoms with Crippen LogP contribution < -0.4 is 0 Å². The zero-order chi connectivity index (χ0) is 11.5. The third-order valence-electron chi connectivity index (χ3n) is 4.40. The lowest BCUT2D eigenvalue weighted by Gasteiger charge is -2.36. The van der Waals surface area contributed by atoms with Crippen molar-refractivity contribution in [3.63, 3.8) is 0 Å². The molecule has 0 aromatic rings. The molecule has 3 heteroatoms. The van der Waals surface area contributed by atoms with Crippen LogP contribution in [0, 0.1) is 11.3 Å². The van der Waals surface area contributed by atoms with Gasteiger partial charge in [-0.15, -0.1) is 0 Å². The molecule has 16 heavy (non-hydrogen) atoms. The van der Waals surface area contributed by atoms with Crippen LogP contribution in [0.1, 0.15) is 39.5 Å². The predicted molar refractivity (Wildman–Crippen MR) is 58.7 cm³/mol. The number of aliphatic hydroxyl groups excluding tert-OH is 1.